The van der Waals surface area contributed by atoms with Crippen molar-refractivity contribution < 1.29 is 17.9 Å². The second kappa shape index (κ2) is 5.75. The Hall–Kier alpha value is -2.01. The first-order valence-electron chi connectivity index (χ1n) is 5.65. The fourth-order valence-electron chi connectivity index (χ4n) is 1.64. The summed E-state index contributed by atoms with van der Waals surface area (Å²) >= 11 is 0. The van der Waals surface area contributed by atoms with E-state index in [0.29, 0.717) is 0 Å². The van der Waals surface area contributed by atoms with Crippen LogP contribution in [-0.2, 0) is 13.2 Å². The zero-order chi connectivity index (χ0) is 13.8. The Morgan fingerprint density at radius 3 is 2.26 bits per heavy atom. The topological polar surface area (TPSA) is 35.2 Å². The molecule has 5 heteroatoms. The van der Waals surface area contributed by atoms with E-state index in [-0.39, 0.29) is 24.5 Å². The maximum Gasteiger partial charge on any atom is 0.129 e. The number of halogens is 3. The van der Waals surface area contributed by atoms with Crippen molar-refractivity contribution in [2.24, 2.45) is 5.73 Å². The van der Waals surface area contributed by atoms with Crippen molar-refractivity contribution in [1.82, 2.24) is 0 Å². The molecule has 19 heavy (non-hydrogen) atoms. The maximum atomic E-state index is 13.5. The normalized spacial score (nSPS) is 10.5. The first-order valence-corrected chi connectivity index (χ1v) is 5.65. The summed E-state index contributed by atoms with van der Waals surface area (Å²) in [6.07, 6.45) is 0. The van der Waals surface area contributed by atoms with E-state index in [2.05, 4.69) is 0 Å². The zero-order valence-electron chi connectivity index (χ0n) is 10.00. The van der Waals surface area contributed by atoms with Crippen molar-refractivity contribution in [2.45, 2.75) is 13.2 Å². The highest BCUT2D eigenvalue weighted by atomic mass is 19.1. The SMILES string of the molecule is NCc1ccc(F)c(COc2cc(F)cc(F)c2)c1. The van der Waals surface area contributed by atoms with Gasteiger partial charge in [0.05, 0.1) is 0 Å². The predicted molar refractivity (Wildman–Crippen MR) is 65.0 cm³/mol. The molecule has 100 valence electrons. The van der Waals surface area contributed by atoms with Crippen LogP contribution < -0.4 is 10.5 Å². The van der Waals surface area contributed by atoms with E-state index >= 15 is 0 Å². The van der Waals surface area contributed by atoms with E-state index in [1.165, 1.54) is 6.07 Å². The molecule has 2 nitrogen and oxygen atoms in total. The summed E-state index contributed by atoms with van der Waals surface area (Å²) in [7, 11) is 0. The lowest BCUT2D eigenvalue weighted by Crippen LogP contribution is -2.03. The Bertz CT molecular complexity index is 567. The van der Waals surface area contributed by atoms with Crippen LogP contribution in [-0.4, -0.2) is 0 Å². The molecule has 0 unspecified atom stereocenters. The van der Waals surface area contributed by atoms with Gasteiger partial charge in [0, 0.05) is 30.3 Å². The van der Waals surface area contributed by atoms with Gasteiger partial charge in [-0.15, -0.1) is 0 Å². The highest BCUT2D eigenvalue weighted by molar-refractivity contribution is 5.27. The van der Waals surface area contributed by atoms with E-state index in [9.17, 15) is 13.2 Å². The van der Waals surface area contributed by atoms with Crippen molar-refractivity contribution in [3.05, 3.63) is 65.0 Å². The average Bonchev–Trinajstić information content (AvgIpc) is 2.37. The Balaban J connectivity index is 2.13. The highest BCUT2D eigenvalue weighted by Gasteiger charge is 2.06. The summed E-state index contributed by atoms with van der Waals surface area (Å²) in [4.78, 5) is 0. The molecule has 2 rings (SSSR count). The number of benzene rings is 2. The fraction of sp³-hybridized carbons (Fsp3) is 0.143. The van der Waals surface area contributed by atoms with Gasteiger partial charge in [-0.1, -0.05) is 6.07 Å². The first-order chi connectivity index (χ1) is 9.08. The van der Waals surface area contributed by atoms with Crippen LogP contribution in [0.2, 0.25) is 0 Å². The molecule has 2 N–H and O–H groups in total. The quantitative estimate of drug-likeness (QED) is 0.923. The summed E-state index contributed by atoms with van der Waals surface area (Å²) in [5.41, 5.74) is 6.49. The minimum atomic E-state index is -0.744. The van der Waals surface area contributed by atoms with Crippen molar-refractivity contribution in [2.75, 3.05) is 0 Å². The molecule has 0 radical (unpaired) electrons. The molecular weight excluding hydrogens is 255 g/mol. The average molecular weight is 267 g/mol. The molecular formula is C14H12F3NO. The molecule has 2 aromatic rings. The van der Waals surface area contributed by atoms with Gasteiger partial charge in [-0.2, -0.15) is 0 Å². The second-order valence-electron chi connectivity index (χ2n) is 4.02. The Labute approximate surface area is 108 Å². The van der Waals surface area contributed by atoms with Crippen LogP contribution in [0.3, 0.4) is 0 Å². The molecule has 2 aromatic carbocycles. The summed E-state index contributed by atoms with van der Waals surface area (Å²) in [6.45, 7) is 0.157. The van der Waals surface area contributed by atoms with Gasteiger partial charge in [0.2, 0.25) is 0 Å². The third-order valence-electron chi connectivity index (χ3n) is 2.58. The van der Waals surface area contributed by atoms with Crippen LogP contribution in [0.1, 0.15) is 11.1 Å². The molecule has 0 atom stereocenters. The summed E-state index contributed by atoms with van der Waals surface area (Å²) in [6, 6.07) is 7.22. The minimum Gasteiger partial charge on any atom is -0.489 e. The van der Waals surface area contributed by atoms with Gasteiger partial charge in [0.25, 0.3) is 0 Å². The van der Waals surface area contributed by atoms with Gasteiger partial charge in [0.15, 0.2) is 0 Å². The Morgan fingerprint density at radius 2 is 1.63 bits per heavy atom. The third kappa shape index (κ3) is 3.48. The van der Waals surface area contributed by atoms with Crippen molar-refractivity contribution in [3.63, 3.8) is 0 Å². The van der Waals surface area contributed by atoms with E-state index in [0.717, 1.165) is 23.8 Å². The summed E-state index contributed by atoms with van der Waals surface area (Å²) < 4.78 is 44.6. The molecule has 0 aliphatic carbocycles. The molecule has 0 heterocycles. The van der Waals surface area contributed by atoms with Crippen LogP contribution in [0, 0.1) is 17.5 Å². The lowest BCUT2D eigenvalue weighted by atomic mass is 10.1. The van der Waals surface area contributed by atoms with E-state index < -0.39 is 17.5 Å². The van der Waals surface area contributed by atoms with Gasteiger partial charge in [0.1, 0.15) is 29.8 Å². The number of ether oxygens (including phenoxy) is 1. The van der Waals surface area contributed by atoms with Crippen LogP contribution in [0.5, 0.6) is 5.75 Å². The highest BCUT2D eigenvalue weighted by Crippen LogP contribution is 2.18. The van der Waals surface area contributed by atoms with Gasteiger partial charge in [-0.25, -0.2) is 13.2 Å². The number of rotatable bonds is 4. The van der Waals surface area contributed by atoms with E-state index in [1.807, 2.05) is 0 Å². The van der Waals surface area contributed by atoms with E-state index in [1.54, 1.807) is 12.1 Å². The summed E-state index contributed by atoms with van der Waals surface area (Å²) in [5, 5.41) is 0. The molecule has 0 fully saturated rings. The van der Waals surface area contributed by atoms with Gasteiger partial charge < -0.3 is 10.5 Å². The van der Waals surface area contributed by atoms with Gasteiger partial charge in [-0.05, 0) is 17.7 Å². The molecule has 0 aromatic heterocycles. The van der Waals surface area contributed by atoms with Gasteiger partial charge >= 0.3 is 0 Å². The largest absolute Gasteiger partial charge is 0.489 e. The molecule has 0 aliphatic rings. The van der Waals surface area contributed by atoms with Crippen molar-refractivity contribution in [3.8, 4) is 5.75 Å². The molecule has 0 spiro atoms. The number of nitrogens with two attached hydrogens (primary N) is 1. The van der Waals surface area contributed by atoms with Crippen molar-refractivity contribution >= 4 is 0 Å². The minimum absolute atomic E-state index is 0.00931. The molecule has 0 saturated heterocycles. The Kier molecular flexibility index (Phi) is 4.06. The van der Waals surface area contributed by atoms with E-state index in [4.69, 9.17) is 10.5 Å². The molecule has 0 aliphatic heterocycles. The lowest BCUT2D eigenvalue weighted by molar-refractivity contribution is 0.296. The zero-order valence-corrected chi connectivity index (χ0v) is 10.00. The third-order valence-corrected chi connectivity index (χ3v) is 2.58. The maximum absolute atomic E-state index is 13.5. The second-order valence-corrected chi connectivity index (χ2v) is 4.02. The number of hydrogen-bond donors (Lipinski definition) is 1. The summed E-state index contributed by atoms with van der Waals surface area (Å²) in [5.74, 6) is -1.93. The molecule has 0 bridgehead atoms. The van der Waals surface area contributed by atoms with Crippen LogP contribution in [0.4, 0.5) is 13.2 Å². The first kappa shape index (κ1) is 13.4. The lowest BCUT2D eigenvalue weighted by Gasteiger charge is -2.09. The smallest absolute Gasteiger partial charge is 0.129 e. The predicted octanol–water partition coefficient (Wildman–Crippen LogP) is 3.14. The van der Waals surface area contributed by atoms with Gasteiger partial charge in [-0.3, -0.25) is 0 Å². The molecule has 0 saturated carbocycles. The van der Waals surface area contributed by atoms with Crippen LogP contribution in [0.15, 0.2) is 36.4 Å². The monoisotopic (exact) mass is 267 g/mol. The standard InChI is InChI=1S/C14H12F3NO/c15-11-4-12(16)6-13(5-11)19-8-10-3-9(7-18)1-2-14(10)17/h1-6H,7-8,18H2. The van der Waals surface area contributed by atoms with Crippen LogP contribution >= 0.6 is 0 Å². The molecule has 0 amide bonds. The van der Waals surface area contributed by atoms with Crippen LogP contribution in [0.25, 0.3) is 0 Å². The Morgan fingerprint density at radius 1 is 0.947 bits per heavy atom. The fourth-order valence-corrected chi connectivity index (χ4v) is 1.64. The van der Waals surface area contributed by atoms with Crippen molar-refractivity contribution in [1.29, 1.82) is 0 Å². The number of hydrogen-bond acceptors (Lipinski definition) is 2.